The summed E-state index contributed by atoms with van der Waals surface area (Å²) < 4.78 is 4.67. The Kier molecular flexibility index (Phi) is 11.6. The van der Waals surface area contributed by atoms with Gasteiger partial charge in [-0.2, -0.15) is 0 Å². The van der Waals surface area contributed by atoms with Gasteiger partial charge in [0.25, 0.3) is 0 Å². The van der Waals surface area contributed by atoms with E-state index in [2.05, 4.69) is 240 Å². The molecule has 0 bridgehead atoms. The van der Waals surface area contributed by atoms with Crippen LogP contribution in [0.25, 0.3) is 50.1 Å². The second kappa shape index (κ2) is 18.5. The number of hydrogen-bond acceptors (Lipinski definition) is 1. The maximum absolute atomic E-state index is 4.38. The lowest BCUT2D eigenvalue weighted by Gasteiger charge is -2.37. The molecule has 0 saturated heterocycles. The topological polar surface area (TPSA) is 13.1 Å². The minimum absolute atomic E-state index is 0.0314. The monoisotopic (exact) mass is 865 g/mol. The summed E-state index contributed by atoms with van der Waals surface area (Å²) >= 11 is 0. The first kappa shape index (κ1) is 41.8. The van der Waals surface area contributed by atoms with Crippen LogP contribution in [0.1, 0.15) is 43.4 Å². The lowest BCUT2D eigenvalue weighted by atomic mass is 9.73. The first-order valence-electron chi connectivity index (χ1n) is 23.9. The lowest BCUT2D eigenvalue weighted by molar-refractivity contribution is 0.644. The van der Waals surface area contributed by atoms with E-state index in [4.69, 9.17) is 0 Å². The standard InChI is InChI=1S/C64H55N3/c1-3-19-46(4-2)61-44-53(36-38-57(61)55-28-17-30-63-59(55)40-42-65(63)50-24-13-7-14-25-50)67(52-34-32-48(33-35-52)47-20-9-5-10-21-47)54-37-39-58(62(45-54)49-22-11-6-12-23-49)56-29-18-31-64-60(56)41-43-66(64)51-26-15-8-16-27-51/h3-9,11-16,18-20,22-29,31-32,34,36-45,57,61H,1-2,10,17,21,30,33,35H2/b46-19+. The number of aromatic nitrogens is 2. The van der Waals surface area contributed by atoms with Gasteiger partial charge in [-0.05, 0) is 155 Å². The fourth-order valence-electron chi connectivity index (χ4n) is 10.9. The number of benzene rings is 5. The molecule has 7 aromatic rings. The molecule has 2 unspecified atom stereocenters. The molecular weight excluding hydrogens is 811 g/mol. The molecule has 5 aromatic carbocycles. The molecular formula is C64H55N3. The van der Waals surface area contributed by atoms with Gasteiger partial charge >= 0.3 is 0 Å². The fourth-order valence-corrected chi connectivity index (χ4v) is 10.9. The summed E-state index contributed by atoms with van der Waals surface area (Å²) in [5.74, 6) is 0.147. The molecule has 0 saturated carbocycles. The zero-order valence-electron chi connectivity index (χ0n) is 38.0. The fraction of sp³-hybridized carbons (Fsp3) is 0.125. The highest BCUT2D eigenvalue weighted by Crippen LogP contribution is 2.47. The predicted octanol–water partition coefficient (Wildman–Crippen LogP) is 16.5. The van der Waals surface area contributed by atoms with E-state index in [1.165, 1.54) is 72.5 Å². The summed E-state index contributed by atoms with van der Waals surface area (Å²) in [5.41, 5.74) is 20.1. The molecule has 67 heavy (non-hydrogen) atoms. The van der Waals surface area contributed by atoms with Crippen molar-refractivity contribution >= 4 is 22.2 Å². The van der Waals surface area contributed by atoms with Gasteiger partial charge in [0, 0.05) is 63.8 Å². The van der Waals surface area contributed by atoms with Crippen molar-refractivity contribution in [3.8, 4) is 33.6 Å². The van der Waals surface area contributed by atoms with E-state index in [1.807, 2.05) is 12.2 Å². The SMILES string of the molecule is C=C/C=C(\C=C)C1C=C(N(C2=CC=C(C3=CC=CCC3)CC2)c2ccc(-c3cccc4c3ccn4-c3ccccc3)c(-c3ccccc3)c2)C=CC1C1=CCCc2c1ccn2-c1ccccc1. The second-order valence-corrected chi connectivity index (χ2v) is 17.9. The van der Waals surface area contributed by atoms with Crippen molar-refractivity contribution in [2.75, 3.05) is 4.90 Å². The molecule has 0 fully saturated rings. The molecule has 2 heterocycles. The third kappa shape index (κ3) is 8.02. The van der Waals surface area contributed by atoms with Crippen molar-refractivity contribution in [2.45, 2.75) is 38.5 Å². The van der Waals surface area contributed by atoms with Crippen molar-refractivity contribution < 1.29 is 0 Å². The molecule has 4 aliphatic carbocycles. The molecule has 4 aliphatic rings. The summed E-state index contributed by atoms with van der Waals surface area (Å²) in [7, 11) is 0. The van der Waals surface area contributed by atoms with E-state index in [0.717, 1.165) is 61.2 Å². The van der Waals surface area contributed by atoms with Crippen molar-refractivity contribution in [2.24, 2.45) is 11.8 Å². The van der Waals surface area contributed by atoms with E-state index in [-0.39, 0.29) is 11.8 Å². The van der Waals surface area contributed by atoms with Crippen LogP contribution in [0.3, 0.4) is 0 Å². The molecule has 0 spiro atoms. The largest absolute Gasteiger partial charge is 0.320 e. The number of para-hydroxylation sites is 2. The van der Waals surface area contributed by atoms with Crippen LogP contribution in [-0.4, -0.2) is 9.13 Å². The van der Waals surface area contributed by atoms with Gasteiger partial charge in [0.2, 0.25) is 0 Å². The van der Waals surface area contributed by atoms with Crippen LogP contribution in [0.15, 0.2) is 266 Å². The predicted molar refractivity (Wildman–Crippen MR) is 283 cm³/mol. The van der Waals surface area contributed by atoms with Crippen molar-refractivity contribution in [3.63, 3.8) is 0 Å². The molecule has 3 heteroatoms. The van der Waals surface area contributed by atoms with Crippen LogP contribution in [0.2, 0.25) is 0 Å². The van der Waals surface area contributed by atoms with Crippen molar-refractivity contribution in [1.29, 1.82) is 0 Å². The minimum atomic E-state index is 0.0314. The number of allylic oxidation sites excluding steroid dienone is 17. The summed E-state index contributed by atoms with van der Waals surface area (Å²) in [6.07, 6.45) is 38.1. The Labute approximate surface area is 395 Å². The molecule has 0 radical (unpaired) electrons. The second-order valence-electron chi connectivity index (χ2n) is 17.9. The molecule has 2 aromatic heterocycles. The maximum atomic E-state index is 4.38. The van der Waals surface area contributed by atoms with E-state index in [1.54, 1.807) is 0 Å². The molecule has 3 nitrogen and oxygen atoms in total. The Morgan fingerprint density at radius 2 is 1.39 bits per heavy atom. The van der Waals surface area contributed by atoms with Gasteiger partial charge < -0.3 is 14.0 Å². The van der Waals surface area contributed by atoms with E-state index in [9.17, 15) is 0 Å². The third-order valence-electron chi connectivity index (χ3n) is 14.1. The normalized spacial score (nSPS) is 18.0. The Morgan fingerprint density at radius 3 is 2.12 bits per heavy atom. The molecule has 326 valence electrons. The Balaban J connectivity index is 1.05. The van der Waals surface area contributed by atoms with Crippen LogP contribution in [0.5, 0.6) is 0 Å². The molecule has 2 atom stereocenters. The van der Waals surface area contributed by atoms with Gasteiger partial charge in [0.1, 0.15) is 0 Å². The summed E-state index contributed by atoms with van der Waals surface area (Å²) in [4.78, 5) is 2.53. The highest BCUT2D eigenvalue weighted by atomic mass is 15.2. The quantitative estimate of drug-likeness (QED) is 0.112. The van der Waals surface area contributed by atoms with Crippen molar-refractivity contribution in [3.05, 3.63) is 277 Å². The summed E-state index contributed by atoms with van der Waals surface area (Å²) in [6, 6.07) is 50.7. The van der Waals surface area contributed by atoms with E-state index in [0.29, 0.717) is 0 Å². The number of hydrogen-bond donors (Lipinski definition) is 0. The average Bonchev–Trinajstić information content (AvgIpc) is 4.05. The van der Waals surface area contributed by atoms with Crippen molar-refractivity contribution in [1.82, 2.24) is 9.13 Å². The van der Waals surface area contributed by atoms with Gasteiger partial charge in [-0.3, -0.25) is 0 Å². The molecule has 0 N–H and O–H groups in total. The van der Waals surface area contributed by atoms with Crippen LogP contribution in [0, 0.1) is 11.8 Å². The van der Waals surface area contributed by atoms with E-state index >= 15 is 0 Å². The maximum Gasteiger partial charge on any atom is 0.0534 e. The number of rotatable bonds is 12. The van der Waals surface area contributed by atoms with E-state index < -0.39 is 0 Å². The summed E-state index contributed by atoms with van der Waals surface area (Å²) in [5, 5.41) is 1.23. The number of fused-ring (bicyclic) bond motifs is 2. The molecule has 0 aliphatic heterocycles. The Bertz CT molecular complexity index is 3260. The van der Waals surface area contributed by atoms with Gasteiger partial charge in [-0.15, -0.1) is 0 Å². The van der Waals surface area contributed by atoms with Gasteiger partial charge in [-0.1, -0.05) is 159 Å². The Morgan fingerprint density at radius 1 is 0.627 bits per heavy atom. The van der Waals surface area contributed by atoms with Gasteiger partial charge in [-0.25, -0.2) is 0 Å². The van der Waals surface area contributed by atoms with Crippen LogP contribution in [-0.2, 0) is 6.42 Å². The average molecular weight is 866 g/mol. The van der Waals surface area contributed by atoms with Gasteiger partial charge in [0.05, 0.1) is 5.52 Å². The van der Waals surface area contributed by atoms with Crippen LogP contribution >= 0.6 is 0 Å². The molecule has 0 amide bonds. The number of nitrogens with zero attached hydrogens (tertiary/aromatic N) is 3. The smallest absolute Gasteiger partial charge is 0.0534 e. The van der Waals surface area contributed by atoms with Gasteiger partial charge in [0.15, 0.2) is 0 Å². The van der Waals surface area contributed by atoms with Crippen LogP contribution in [0.4, 0.5) is 5.69 Å². The minimum Gasteiger partial charge on any atom is -0.320 e. The highest BCUT2D eigenvalue weighted by molar-refractivity contribution is 6.01. The highest BCUT2D eigenvalue weighted by Gasteiger charge is 2.33. The summed E-state index contributed by atoms with van der Waals surface area (Å²) in [6.45, 7) is 8.54. The third-order valence-corrected chi connectivity index (χ3v) is 14.1. The first-order chi connectivity index (χ1) is 33.2. The zero-order valence-corrected chi connectivity index (χ0v) is 38.0. The van der Waals surface area contributed by atoms with Crippen LogP contribution < -0.4 is 4.90 Å². The molecule has 11 rings (SSSR count). The lowest BCUT2D eigenvalue weighted by Crippen LogP contribution is -2.27. The zero-order chi connectivity index (χ0) is 45.1. The number of anilines is 1. The first-order valence-corrected chi connectivity index (χ1v) is 23.9. The Hall–Kier alpha value is -7.88.